The van der Waals surface area contributed by atoms with Crippen molar-refractivity contribution in [1.29, 1.82) is 0 Å². The van der Waals surface area contributed by atoms with Crippen molar-refractivity contribution in [1.82, 2.24) is 14.3 Å². The van der Waals surface area contributed by atoms with Gasteiger partial charge in [0.05, 0.1) is 5.41 Å². The van der Waals surface area contributed by atoms with Crippen LogP contribution in [0, 0.1) is 12.3 Å². The van der Waals surface area contributed by atoms with E-state index in [-0.39, 0.29) is 11.6 Å². The molecule has 0 radical (unpaired) electrons. The highest BCUT2D eigenvalue weighted by atomic mass is 32.2. The second-order valence-corrected chi connectivity index (χ2v) is 7.42. The SMILES string of the molecule is Cc1nc(S(=O)(=O)NCC2(C(=O)O)CCCCC2)cn1C. The molecule has 2 rings (SSSR count). The van der Waals surface area contributed by atoms with E-state index >= 15 is 0 Å². The molecule has 0 spiro atoms. The normalized spacial score (nSPS) is 18.6. The number of rotatable bonds is 5. The second kappa shape index (κ2) is 5.76. The van der Waals surface area contributed by atoms with Gasteiger partial charge in [-0.3, -0.25) is 4.79 Å². The highest BCUT2D eigenvalue weighted by molar-refractivity contribution is 7.89. The molecule has 0 saturated heterocycles. The maximum atomic E-state index is 12.2. The van der Waals surface area contributed by atoms with E-state index in [2.05, 4.69) is 9.71 Å². The lowest BCUT2D eigenvalue weighted by molar-refractivity contribution is -0.150. The predicted octanol–water partition coefficient (Wildman–Crippen LogP) is 1.04. The maximum Gasteiger partial charge on any atom is 0.310 e. The van der Waals surface area contributed by atoms with Gasteiger partial charge in [0.15, 0.2) is 5.03 Å². The molecule has 1 aliphatic carbocycles. The molecular weight excluding hydrogens is 294 g/mol. The van der Waals surface area contributed by atoms with Gasteiger partial charge in [-0.1, -0.05) is 19.3 Å². The molecule has 0 aromatic carbocycles. The van der Waals surface area contributed by atoms with Crippen molar-refractivity contribution in [2.24, 2.45) is 12.5 Å². The molecule has 0 amide bonds. The number of carbonyl (C=O) groups is 1. The Morgan fingerprint density at radius 3 is 2.52 bits per heavy atom. The minimum atomic E-state index is -3.78. The average Bonchev–Trinajstić information content (AvgIpc) is 2.78. The summed E-state index contributed by atoms with van der Waals surface area (Å²) in [4.78, 5) is 15.5. The highest BCUT2D eigenvalue weighted by Gasteiger charge is 2.40. The Labute approximate surface area is 124 Å². The van der Waals surface area contributed by atoms with Gasteiger partial charge in [-0.25, -0.2) is 18.1 Å². The quantitative estimate of drug-likeness (QED) is 0.845. The molecule has 0 atom stereocenters. The van der Waals surface area contributed by atoms with Crippen molar-refractivity contribution in [3.63, 3.8) is 0 Å². The van der Waals surface area contributed by atoms with Crippen LogP contribution in [0.1, 0.15) is 37.9 Å². The van der Waals surface area contributed by atoms with E-state index in [0.29, 0.717) is 18.7 Å². The first-order chi connectivity index (χ1) is 9.77. The van der Waals surface area contributed by atoms with Crippen LogP contribution in [0.4, 0.5) is 0 Å². The zero-order valence-electron chi connectivity index (χ0n) is 12.3. The number of aryl methyl sites for hydroxylation is 2. The lowest BCUT2D eigenvalue weighted by Gasteiger charge is -2.32. The number of aliphatic carboxylic acids is 1. The molecule has 0 unspecified atom stereocenters. The largest absolute Gasteiger partial charge is 0.481 e. The monoisotopic (exact) mass is 315 g/mol. The topological polar surface area (TPSA) is 101 Å². The summed E-state index contributed by atoms with van der Waals surface area (Å²) in [6.07, 6.45) is 5.07. The van der Waals surface area contributed by atoms with E-state index < -0.39 is 21.4 Å². The smallest absolute Gasteiger partial charge is 0.310 e. The predicted molar refractivity (Wildman–Crippen MR) is 76.3 cm³/mol. The number of nitrogens with zero attached hydrogens (tertiary/aromatic N) is 2. The number of sulfonamides is 1. The molecule has 0 aliphatic heterocycles. The summed E-state index contributed by atoms with van der Waals surface area (Å²) in [7, 11) is -2.07. The van der Waals surface area contributed by atoms with Crippen LogP contribution in [0.5, 0.6) is 0 Å². The zero-order valence-corrected chi connectivity index (χ0v) is 13.1. The standard InChI is InChI=1S/C13H21N3O4S/c1-10-15-11(8-16(10)2)21(19,20)14-9-13(12(17)18)6-4-3-5-7-13/h8,14H,3-7,9H2,1-2H3,(H,17,18). The summed E-state index contributed by atoms with van der Waals surface area (Å²) in [5, 5.41) is 9.38. The third-order valence-corrected chi connectivity index (χ3v) is 5.50. The first kappa shape index (κ1) is 16.0. The van der Waals surface area contributed by atoms with Crippen molar-refractivity contribution >= 4 is 16.0 Å². The lowest BCUT2D eigenvalue weighted by Crippen LogP contribution is -2.44. The Kier molecular flexibility index (Phi) is 4.38. The molecule has 2 N–H and O–H groups in total. The summed E-state index contributed by atoms with van der Waals surface area (Å²) in [5.74, 6) is -0.344. The molecule has 1 aliphatic rings. The van der Waals surface area contributed by atoms with Crippen LogP contribution in [0.3, 0.4) is 0 Å². The third-order valence-electron chi connectivity index (χ3n) is 4.23. The van der Waals surface area contributed by atoms with Gasteiger partial charge in [-0.05, 0) is 19.8 Å². The molecule has 8 heteroatoms. The van der Waals surface area contributed by atoms with Gasteiger partial charge >= 0.3 is 5.97 Å². The molecule has 1 aromatic rings. The average molecular weight is 315 g/mol. The Hall–Kier alpha value is -1.41. The number of carboxylic acid groups (broad SMARTS) is 1. The van der Waals surface area contributed by atoms with Crippen LogP contribution in [-0.4, -0.2) is 35.6 Å². The molecular formula is C13H21N3O4S. The van der Waals surface area contributed by atoms with Crippen molar-refractivity contribution < 1.29 is 18.3 Å². The Morgan fingerprint density at radius 1 is 1.43 bits per heavy atom. The van der Waals surface area contributed by atoms with Crippen LogP contribution in [0.15, 0.2) is 11.2 Å². The minimum absolute atomic E-state index is 0.0705. The highest BCUT2D eigenvalue weighted by Crippen LogP contribution is 2.36. The van der Waals surface area contributed by atoms with Gasteiger partial charge in [-0.2, -0.15) is 0 Å². The number of hydrogen-bond acceptors (Lipinski definition) is 4. The molecule has 1 aromatic heterocycles. The van der Waals surface area contributed by atoms with Gasteiger partial charge in [0.1, 0.15) is 5.82 Å². The fraction of sp³-hybridized carbons (Fsp3) is 0.692. The van der Waals surface area contributed by atoms with E-state index in [1.165, 1.54) is 6.20 Å². The minimum Gasteiger partial charge on any atom is -0.481 e. The first-order valence-corrected chi connectivity index (χ1v) is 8.48. The second-order valence-electron chi connectivity index (χ2n) is 5.71. The van der Waals surface area contributed by atoms with Gasteiger partial charge in [0.2, 0.25) is 0 Å². The van der Waals surface area contributed by atoms with Crippen LogP contribution >= 0.6 is 0 Å². The summed E-state index contributed by atoms with van der Waals surface area (Å²) >= 11 is 0. The number of imidazole rings is 1. The van der Waals surface area contributed by atoms with Crippen molar-refractivity contribution in [2.45, 2.75) is 44.1 Å². The van der Waals surface area contributed by atoms with Crippen molar-refractivity contribution in [3.8, 4) is 0 Å². The van der Waals surface area contributed by atoms with Gasteiger partial charge < -0.3 is 9.67 Å². The first-order valence-electron chi connectivity index (χ1n) is 7.00. The van der Waals surface area contributed by atoms with Crippen molar-refractivity contribution in [2.75, 3.05) is 6.54 Å². The Morgan fingerprint density at radius 2 is 2.05 bits per heavy atom. The fourth-order valence-corrected chi connectivity index (χ4v) is 3.82. The fourth-order valence-electron chi connectivity index (χ4n) is 2.66. The Balaban J connectivity index is 2.15. The van der Waals surface area contributed by atoms with Crippen LogP contribution < -0.4 is 4.72 Å². The molecule has 118 valence electrons. The molecule has 1 fully saturated rings. The molecule has 1 heterocycles. The zero-order chi connectivity index (χ0) is 15.7. The van der Waals surface area contributed by atoms with E-state index in [1.54, 1.807) is 18.5 Å². The number of nitrogens with one attached hydrogen (secondary N) is 1. The number of hydrogen-bond donors (Lipinski definition) is 2. The van der Waals surface area contributed by atoms with E-state index in [0.717, 1.165) is 19.3 Å². The maximum absolute atomic E-state index is 12.2. The summed E-state index contributed by atoms with van der Waals surface area (Å²) < 4.78 is 28.5. The number of carboxylic acids is 1. The van der Waals surface area contributed by atoms with E-state index in [1.807, 2.05) is 0 Å². The molecule has 0 bridgehead atoms. The van der Waals surface area contributed by atoms with E-state index in [9.17, 15) is 18.3 Å². The van der Waals surface area contributed by atoms with Gasteiger partial charge in [0, 0.05) is 19.8 Å². The van der Waals surface area contributed by atoms with Gasteiger partial charge in [0.25, 0.3) is 10.0 Å². The summed E-state index contributed by atoms with van der Waals surface area (Å²) in [5.41, 5.74) is -0.991. The van der Waals surface area contributed by atoms with Crippen molar-refractivity contribution in [3.05, 3.63) is 12.0 Å². The van der Waals surface area contributed by atoms with Gasteiger partial charge in [-0.15, -0.1) is 0 Å². The lowest BCUT2D eigenvalue weighted by atomic mass is 9.74. The molecule has 7 nitrogen and oxygen atoms in total. The summed E-state index contributed by atoms with van der Waals surface area (Å²) in [6, 6.07) is 0. The van der Waals surface area contributed by atoms with E-state index in [4.69, 9.17) is 0 Å². The molecule has 21 heavy (non-hydrogen) atoms. The summed E-state index contributed by atoms with van der Waals surface area (Å²) in [6.45, 7) is 1.62. The molecule has 1 saturated carbocycles. The van der Waals surface area contributed by atoms with Crippen LogP contribution in [0.2, 0.25) is 0 Å². The van der Waals surface area contributed by atoms with Crippen LogP contribution in [-0.2, 0) is 21.9 Å². The van der Waals surface area contributed by atoms with Crippen LogP contribution in [0.25, 0.3) is 0 Å². The third kappa shape index (κ3) is 3.26. The Bertz CT molecular complexity index is 610. The number of aromatic nitrogens is 2.